The van der Waals surface area contributed by atoms with E-state index in [0.29, 0.717) is 0 Å². The van der Waals surface area contributed by atoms with Gasteiger partial charge >= 0.3 is 5.97 Å². The van der Waals surface area contributed by atoms with Crippen LogP contribution in [0.4, 0.5) is 0 Å². The summed E-state index contributed by atoms with van der Waals surface area (Å²) in [7, 11) is 4.58. The Bertz CT molecular complexity index is 530. The Morgan fingerprint density at radius 2 is 1.95 bits per heavy atom. The minimum Gasteiger partial charge on any atom is -0.493 e. The minimum absolute atomic E-state index is 0.0224. The van der Waals surface area contributed by atoms with Crippen molar-refractivity contribution in [1.29, 1.82) is 0 Å². The first kappa shape index (κ1) is 16.1. The second-order valence-electron chi connectivity index (χ2n) is 4.29. The van der Waals surface area contributed by atoms with E-state index in [0.717, 1.165) is 0 Å². The summed E-state index contributed by atoms with van der Waals surface area (Å²) >= 11 is 5.99. The lowest BCUT2D eigenvalue weighted by atomic mass is 10.2. The molecule has 0 aliphatic heterocycles. The van der Waals surface area contributed by atoms with Crippen LogP contribution in [0.3, 0.4) is 0 Å². The molecular weight excluding hydrogens is 286 g/mol. The zero-order valence-corrected chi connectivity index (χ0v) is 12.4. The number of benzene rings is 1. The van der Waals surface area contributed by atoms with Gasteiger partial charge in [0.05, 0.1) is 17.7 Å². The molecule has 1 aromatic carbocycles. The molecule has 110 valence electrons. The van der Waals surface area contributed by atoms with Gasteiger partial charge in [-0.15, -0.1) is 0 Å². The van der Waals surface area contributed by atoms with E-state index < -0.39 is 12.1 Å². The normalized spacial score (nSPS) is 11.7. The van der Waals surface area contributed by atoms with Crippen LogP contribution in [-0.4, -0.2) is 49.2 Å². The van der Waals surface area contributed by atoms with Crippen molar-refractivity contribution in [3.05, 3.63) is 22.7 Å². The fourth-order valence-electron chi connectivity index (χ4n) is 1.55. The van der Waals surface area contributed by atoms with Gasteiger partial charge in [0.1, 0.15) is 0 Å². The number of halogens is 1. The van der Waals surface area contributed by atoms with Crippen LogP contribution < -0.4 is 9.47 Å². The number of likely N-dealkylation sites (N-methyl/N-ethyl adjacent to an activating group) is 1. The quantitative estimate of drug-likeness (QED) is 0.899. The predicted molar refractivity (Wildman–Crippen MR) is 73.7 cm³/mol. The number of hydrogen-bond donors (Lipinski definition) is 1. The van der Waals surface area contributed by atoms with Gasteiger partial charge in [0, 0.05) is 14.1 Å². The number of nitrogens with zero attached hydrogens (tertiary/aromatic N) is 1. The number of carboxylic acids is 1. The minimum atomic E-state index is -1.13. The molecule has 1 N–H and O–H groups in total. The van der Waals surface area contributed by atoms with Gasteiger partial charge in [0.25, 0.3) is 5.91 Å². The molecule has 0 radical (unpaired) electrons. The highest BCUT2D eigenvalue weighted by Gasteiger charge is 2.22. The highest BCUT2D eigenvalue weighted by atomic mass is 35.5. The Kier molecular flexibility index (Phi) is 5.21. The van der Waals surface area contributed by atoms with Gasteiger partial charge in [0.15, 0.2) is 17.6 Å². The van der Waals surface area contributed by atoms with Gasteiger partial charge in [-0.3, -0.25) is 4.79 Å². The van der Waals surface area contributed by atoms with Crippen LogP contribution in [0.15, 0.2) is 12.1 Å². The fraction of sp³-hybridized carbons (Fsp3) is 0.385. The molecule has 0 aliphatic carbocycles. The van der Waals surface area contributed by atoms with Crippen LogP contribution in [0.2, 0.25) is 5.02 Å². The molecule has 1 unspecified atom stereocenters. The Morgan fingerprint density at radius 3 is 2.40 bits per heavy atom. The lowest BCUT2D eigenvalue weighted by Gasteiger charge is -2.20. The van der Waals surface area contributed by atoms with Crippen molar-refractivity contribution in [2.45, 2.75) is 13.0 Å². The van der Waals surface area contributed by atoms with Gasteiger partial charge in [0.2, 0.25) is 0 Å². The Hall–Kier alpha value is -1.95. The highest BCUT2D eigenvalue weighted by Crippen LogP contribution is 2.37. The number of ether oxygens (including phenoxy) is 2. The SMILES string of the molecule is COc1cc(C(=O)O)cc(Cl)c1OC(C)C(=O)N(C)C. The average Bonchev–Trinajstić information content (AvgIpc) is 2.39. The largest absolute Gasteiger partial charge is 0.493 e. The third kappa shape index (κ3) is 3.54. The number of aromatic carboxylic acids is 1. The third-order valence-corrected chi connectivity index (χ3v) is 2.84. The number of hydrogen-bond acceptors (Lipinski definition) is 4. The Labute approximate surface area is 121 Å². The van der Waals surface area contributed by atoms with Crippen LogP contribution in [0.5, 0.6) is 11.5 Å². The number of rotatable bonds is 5. The molecule has 6 nitrogen and oxygen atoms in total. The number of carbonyl (C=O) groups is 2. The summed E-state index contributed by atoms with van der Waals surface area (Å²) in [5.74, 6) is -1.07. The molecular formula is C13H16ClNO5. The second kappa shape index (κ2) is 6.47. The first-order valence-electron chi connectivity index (χ1n) is 5.76. The van der Waals surface area contributed by atoms with Gasteiger partial charge in [-0.05, 0) is 19.1 Å². The molecule has 1 aromatic rings. The van der Waals surface area contributed by atoms with E-state index in [4.69, 9.17) is 26.2 Å². The third-order valence-electron chi connectivity index (χ3n) is 2.56. The molecule has 0 aromatic heterocycles. The van der Waals surface area contributed by atoms with Gasteiger partial charge in [-0.25, -0.2) is 4.79 Å². The molecule has 7 heteroatoms. The molecule has 0 heterocycles. The highest BCUT2D eigenvalue weighted by molar-refractivity contribution is 6.32. The van der Waals surface area contributed by atoms with Crippen molar-refractivity contribution < 1.29 is 24.2 Å². The van der Waals surface area contributed by atoms with E-state index in [1.165, 1.54) is 24.1 Å². The smallest absolute Gasteiger partial charge is 0.335 e. The van der Waals surface area contributed by atoms with Crippen LogP contribution >= 0.6 is 11.6 Å². The number of carboxylic acid groups (broad SMARTS) is 1. The summed E-state index contributed by atoms with van der Waals surface area (Å²) in [5, 5.41) is 9.02. The van der Waals surface area contributed by atoms with E-state index >= 15 is 0 Å². The zero-order valence-electron chi connectivity index (χ0n) is 11.6. The van der Waals surface area contributed by atoms with E-state index in [1.807, 2.05) is 0 Å². The summed E-state index contributed by atoms with van der Waals surface area (Å²) in [5.41, 5.74) is -0.0224. The Balaban J connectivity index is 3.12. The number of methoxy groups -OCH3 is 1. The summed E-state index contributed by atoms with van der Waals surface area (Å²) in [6.07, 6.45) is -0.771. The van der Waals surface area contributed by atoms with Crippen molar-refractivity contribution >= 4 is 23.5 Å². The fourth-order valence-corrected chi connectivity index (χ4v) is 1.80. The predicted octanol–water partition coefficient (Wildman–Crippen LogP) is 1.90. The van der Waals surface area contributed by atoms with E-state index in [9.17, 15) is 9.59 Å². The molecule has 0 fully saturated rings. The maximum atomic E-state index is 11.8. The number of carbonyl (C=O) groups excluding carboxylic acids is 1. The van der Waals surface area contributed by atoms with Crippen molar-refractivity contribution in [3.8, 4) is 11.5 Å². The standard InChI is InChI=1S/C13H16ClNO5/c1-7(12(16)15(2)3)20-11-9(14)5-8(13(17)18)6-10(11)19-4/h5-7H,1-4H3,(H,17,18). The van der Waals surface area contributed by atoms with Crippen LogP contribution in [0.1, 0.15) is 17.3 Å². The van der Waals surface area contributed by atoms with Crippen LogP contribution in [-0.2, 0) is 4.79 Å². The van der Waals surface area contributed by atoms with Crippen molar-refractivity contribution in [2.24, 2.45) is 0 Å². The molecule has 1 amide bonds. The monoisotopic (exact) mass is 301 g/mol. The molecule has 0 aliphatic rings. The maximum absolute atomic E-state index is 11.8. The Morgan fingerprint density at radius 1 is 1.35 bits per heavy atom. The molecule has 0 spiro atoms. The maximum Gasteiger partial charge on any atom is 0.335 e. The average molecular weight is 302 g/mol. The van der Waals surface area contributed by atoms with Crippen molar-refractivity contribution in [3.63, 3.8) is 0 Å². The van der Waals surface area contributed by atoms with E-state index in [-0.39, 0.29) is 28.0 Å². The van der Waals surface area contributed by atoms with E-state index in [1.54, 1.807) is 21.0 Å². The summed E-state index contributed by atoms with van der Waals surface area (Å²) in [6.45, 7) is 1.57. The lowest BCUT2D eigenvalue weighted by Crippen LogP contribution is -2.35. The zero-order chi connectivity index (χ0) is 15.4. The first-order chi connectivity index (χ1) is 9.27. The van der Waals surface area contributed by atoms with Crippen molar-refractivity contribution in [1.82, 2.24) is 4.90 Å². The van der Waals surface area contributed by atoms with E-state index in [2.05, 4.69) is 0 Å². The molecule has 0 bridgehead atoms. The van der Waals surface area contributed by atoms with Crippen LogP contribution in [0.25, 0.3) is 0 Å². The van der Waals surface area contributed by atoms with Crippen LogP contribution in [0, 0.1) is 0 Å². The molecule has 1 atom stereocenters. The topological polar surface area (TPSA) is 76.1 Å². The summed E-state index contributed by atoms with van der Waals surface area (Å²) in [4.78, 5) is 24.1. The van der Waals surface area contributed by atoms with Gasteiger partial charge in [-0.1, -0.05) is 11.6 Å². The van der Waals surface area contributed by atoms with Gasteiger partial charge < -0.3 is 19.5 Å². The molecule has 1 rings (SSSR count). The molecule has 0 saturated carbocycles. The van der Waals surface area contributed by atoms with Crippen molar-refractivity contribution in [2.75, 3.05) is 21.2 Å². The second-order valence-corrected chi connectivity index (χ2v) is 4.69. The lowest BCUT2D eigenvalue weighted by molar-refractivity contribution is -0.135. The molecule has 20 heavy (non-hydrogen) atoms. The summed E-state index contributed by atoms with van der Waals surface area (Å²) in [6, 6.07) is 2.53. The number of amides is 1. The summed E-state index contributed by atoms with van der Waals surface area (Å²) < 4.78 is 10.5. The molecule has 0 saturated heterocycles. The van der Waals surface area contributed by atoms with Gasteiger partial charge in [-0.2, -0.15) is 0 Å². The first-order valence-corrected chi connectivity index (χ1v) is 6.14.